The van der Waals surface area contributed by atoms with Gasteiger partial charge in [0.2, 0.25) is 11.4 Å². The molecular weight excluding hydrogens is 376 g/mol. The highest BCUT2D eigenvalue weighted by Gasteiger charge is 2.55. The maximum atomic E-state index is 12.3. The molecule has 4 rings (SSSR count). The SMILES string of the molecule is COC(=O)C1(Oc2c(C3(C)C=CC4=C(COC4=O)C3)ccc(OC)c2OC)CC1. The Hall–Kier alpha value is -2.96. The Kier molecular flexibility index (Phi) is 4.56. The highest BCUT2D eigenvalue weighted by molar-refractivity contribution is 5.95. The molecule has 0 amide bonds. The van der Waals surface area contributed by atoms with Gasteiger partial charge >= 0.3 is 11.9 Å². The van der Waals surface area contributed by atoms with Crippen LogP contribution in [0, 0.1) is 0 Å². The van der Waals surface area contributed by atoms with Gasteiger partial charge in [-0.15, -0.1) is 0 Å². The molecule has 3 aliphatic rings. The molecule has 1 fully saturated rings. The smallest absolute Gasteiger partial charge is 0.350 e. The Morgan fingerprint density at radius 3 is 2.48 bits per heavy atom. The summed E-state index contributed by atoms with van der Waals surface area (Å²) in [6.07, 6.45) is 5.53. The molecule has 7 nitrogen and oxygen atoms in total. The number of methoxy groups -OCH3 is 3. The van der Waals surface area contributed by atoms with E-state index in [0.717, 1.165) is 11.1 Å². The van der Waals surface area contributed by atoms with E-state index in [1.54, 1.807) is 7.11 Å². The lowest BCUT2D eigenvalue weighted by Crippen LogP contribution is -2.33. The number of hydrogen-bond acceptors (Lipinski definition) is 7. The fourth-order valence-electron chi connectivity index (χ4n) is 4.03. The van der Waals surface area contributed by atoms with Gasteiger partial charge in [0.15, 0.2) is 11.5 Å². The van der Waals surface area contributed by atoms with Crippen molar-refractivity contribution >= 4 is 11.9 Å². The number of hydrogen-bond donors (Lipinski definition) is 0. The number of carbonyl (C=O) groups excluding carboxylic acids is 2. The fourth-order valence-corrected chi connectivity index (χ4v) is 4.03. The molecule has 0 radical (unpaired) electrons. The van der Waals surface area contributed by atoms with Crippen molar-refractivity contribution in [2.75, 3.05) is 27.9 Å². The zero-order chi connectivity index (χ0) is 20.8. The third-order valence-electron chi connectivity index (χ3n) is 5.85. The Balaban J connectivity index is 1.80. The Bertz CT molecular complexity index is 939. The van der Waals surface area contributed by atoms with Crippen LogP contribution in [0.1, 0.15) is 31.7 Å². The van der Waals surface area contributed by atoms with Gasteiger partial charge in [0.1, 0.15) is 6.61 Å². The maximum absolute atomic E-state index is 12.3. The summed E-state index contributed by atoms with van der Waals surface area (Å²) in [4.78, 5) is 24.2. The first-order valence-electron chi connectivity index (χ1n) is 9.49. The zero-order valence-corrected chi connectivity index (χ0v) is 17.0. The summed E-state index contributed by atoms with van der Waals surface area (Å²) in [5.74, 6) is 0.696. The van der Waals surface area contributed by atoms with Gasteiger partial charge in [-0.3, -0.25) is 0 Å². The number of rotatable bonds is 6. The fraction of sp³-hybridized carbons (Fsp3) is 0.455. The zero-order valence-electron chi connectivity index (χ0n) is 17.0. The van der Waals surface area contributed by atoms with E-state index in [-0.39, 0.29) is 5.97 Å². The van der Waals surface area contributed by atoms with Gasteiger partial charge in [-0.1, -0.05) is 25.1 Å². The molecule has 1 aliphatic heterocycles. The van der Waals surface area contributed by atoms with Gasteiger partial charge in [0.05, 0.1) is 26.9 Å². The minimum Gasteiger partial charge on any atom is -0.493 e. The molecule has 1 aromatic rings. The molecule has 29 heavy (non-hydrogen) atoms. The summed E-state index contributed by atoms with van der Waals surface area (Å²) < 4.78 is 27.5. The van der Waals surface area contributed by atoms with Crippen molar-refractivity contribution < 1.29 is 33.3 Å². The lowest BCUT2D eigenvalue weighted by atomic mass is 9.73. The molecule has 1 unspecified atom stereocenters. The van der Waals surface area contributed by atoms with Crippen molar-refractivity contribution in [2.45, 2.75) is 37.2 Å². The molecule has 154 valence electrons. The van der Waals surface area contributed by atoms with Gasteiger partial charge in [-0.05, 0) is 18.1 Å². The van der Waals surface area contributed by atoms with Crippen LogP contribution < -0.4 is 14.2 Å². The van der Waals surface area contributed by atoms with Crippen LogP contribution in [0.3, 0.4) is 0 Å². The molecule has 1 saturated carbocycles. The minimum atomic E-state index is -1.01. The van der Waals surface area contributed by atoms with Crippen LogP contribution in [0.5, 0.6) is 17.2 Å². The van der Waals surface area contributed by atoms with E-state index < -0.39 is 17.0 Å². The van der Waals surface area contributed by atoms with E-state index >= 15 is 0 Å². The molecule has 2 aliphatic carbocycles. The van der Waals surface area contributed by atoms with Crippen LogP contribution in [0.4, 0.5) is 0 Å². The first kappa shape index (κ1) is 19.4. The second-order valence-electron chi connectivity index (χ2n) is 7.79. The summed E-state index contributed by atoms with van der Waals surface area (Å²) in [6.45, 7) is 2.35. The summed E-state index contributed by atoms with van der Waals surface area (Å²) in [7, 11) is 4.44. The number of cyclic esters (lactones) is 1. The van der Waals surface area contributed by atoms with Crippen molar-refractivity contribution in [2.24, 2.45) is 0 Å². The highest BCUT2D eigenvalue weighted by atomic mass is 16.6. The van der Waals surface area contributed by atoms with E-state index in [0.29, 0.717) is 48.7 Å². The van der Waals surface area contributed by atoms with Crippen LogP contribution in [0.15, 0.2) is 35.4 Å². The predicted octanol–water partition coefficient (Wildman–Crippen LogP) is 2.86. The highest BCUT2D eigenvalue weighted by Crippen LogP contribution is 2.52. The molecule has 7 heteroatoms. The number of ether oxygens (including phenoxy) is 5. The molecule has 1 atom stereocenters. The second kappa shape index (κ2) is 6.83. The molecule has 0 bridgehead atoms. The van der Waals surface area contributed by atoms with Gasteiger partial charge < -0.3 is 23.7 Å². The third-order valence-corrected chi connectivity index (χ3v) is 5.85. The average molecular weight is 400 g/mol. The number of esters is 2. The van der Waals surface area contributed by atoms with E-state index in [1.807, 2.05) is 24.3 Å². The molecule has 0 N–H and O–H groups in total. The summed E-state index contributed by atoms with van der Waals surface area (Å²) >= 11 is 0. The van der Waals surface area contributed by atoms with Crippen molar-refractivity contribution in [3.05, 3.63) is 41.0 Å². The minimum absolute atomic E-state index is 0.287. The van der Waals surface area contributed by atoms with Crippen LogP contribution in [0.25, 0.3) is 0 Å². The lowest BCUT2D eigenvalue weighted by molar-refractivity contribution is -0.151. The summed E-state index contributed by atoms with van der Waals surface area (Å²) in [5, 5.41) is 0. The Labute approximate surface area is 169 Å². The molecular formula is C22H24O7. The Morgan fingerprint density at radius 2 is 1.86 bits per heavy atom. The molecule has 0 saturated heterocycles. The van der Waals surface area contributed by atoms with Crippen LogP contribution in [-0.2, 0) is 24.5 Å². The quantitative estimate of drug-likeness (QED) is 0.679. The topological polar surface area (TPSA) is 80.3 Å². The monoisotopic (exact) mass is 400 g/mol. The van der Waals surface area contributed by atoms with Gasteiger partial charge in [-0.25, -0.2) is 9.59 Å². The second-order valence-corrected chi connectivity index (χ2v) is 7.79. The average Bonchev–Trinajstić information content (AvgIpc) is 3.43. The van der Waals surface area contributed by atoms with E-state index in [4.69, 9.17) is 23.7 Å². The van der Waals surface area contributed by atoms with Crippen LogP contribution >= 0.6 is 0 Å². The normalized spacial score (nSPS) is 23.9. The molecule has 0 spiro atoms. The van der Waals surface area contributed by atoms with Gasteiger partial charge in [-0.2, -0.15) is 0 Å². The molecule has 1 heterocycles. The first-order chi connectivity index (χ1) is 13.9. The Morgan fingerprint density at radius 1 is 1.10 bits per heavy atom. The summed E-state index contributed by atoms with van der Waals surface area (Å²) in [5.41, 5.74) is 0.934. The van der Waals surface area contributed by atoms with Crippen LogP contribution in [0.2, 0.25) is 0 Å². The molecule has 0 aromatic heterocycles. The summed E-state index contributed by atoms with van der Waals surface area (Å²) in [6, 6.07) is 3.73. The molecule has 1 aromatic carbocycles. The third kappa shape index (κ3) is 3.05. The van der Waals surface area contributed by atoms with Crippen molar-refractivity contribution in [3.63, 3.8) is 0 Å². The van der Waals surface area contributed by atoms with Crippen LogP contribution in [-0.4, -0.2) is 45.5 Å². The number of benzene rings is 1. The van der Waals surface area contributed by atoms with Crippen molar-refractivity contribution in [3.8, 4) is 17.2 Å². The predicted molar refractivity (Wildman–Crippen MR) is 103 cm³/mol. The number of allylic oxidation sites excluding steroid dienone is 1. The van der Waals surface area contributed by atoms with Crippen molar-refractivity contribution in [1.82, 2.24) is 0 Å². The van der Waals surface area contributed by atoms with E-state index in [2.05, 4.69) is 6.92 Å². The lowest BCUT2D eigenvalue weighted by Gasteiger charge is -2.33. The maximum Gasteiger partial charge on any atom is 0.350 e. The van der Waals surface area contributed by atoms with Gasteiger partial charge in [0, 0.05) is 23.8 Å². The standard InChI is InChI=1S/C22H24O7/c1-21(8-7-14-13(11-21)12-28-19(14)23)15-5-6-16(25-2)18(26-3)17(15)29-22(9-10-22)20(24)27-4/h5-8H,9-12H2,1-4H3. The van der Waals surface area contributed by atoms with Crippen molar-refractivity contribution in [1.29, 1.82) is 0 Å². The van der Waals surface area contributed by atoms with Gasteiger partial charge in [0.25, 0.3) is 0 Å². The number of carbonyl (C=O) groups is 2. The van der Waals surface area contributed by atoms with E-state index in [1.165, 1.54) is 14.2 Å². The largest absolute Gasteiger partial charge is 0.493 e. The van der Waals surface area contributed by atoms with E-state index in [9.17, 15) is 9.59 Å². The first-order valence-corrected chi connectivity index (χ1v) is 9.49.